The summed E-state index contributed by atoms with van der Waals surface area (Å²) in [6.45, 7) is 7.57. The molecule has 0 unspecified atom stereocenters. The largest absolute Gasteiger partial charge is 0.212 e. The van der Waals surface area contributed by atoms with E-state index in [0.717, 1.165) is 19.3 Å². The third kappa shape index (κ3) is 7.56. The van der Waals surface area contributed by atoms with E-state index in [-0.39, 0.29) is 11.3 Å². The van der Waals surface area contributed by atoms with Crippen LogP contribution in [0.15, 0.2) is 12.2 Å². The second kappa shape index (κ2) is 6.28. The van der Waals surface area contributed by atoms with Crippen molar-refractivity contribution in [3.8, 4) is 0 Å². The van der Waals surface area contributed by atoms with Gasteiger partial charge in [-0.3, -0.25) is 0 Å². The van der Waals surface area contributed by atoms with Gasteiger partial charge >= 0.3 is 0 Å². The van der Waals surface area contributed by atoms with Crippen molar-refractivity contribution in [2.75, 3.05) is 5.75 Å². The standard InChI is InChI=1S/C11H23NO2S/c1-5-7-8-9-10-11(3,4)12-15(13,14)6-2/h7-8,12H,5-6,9-10H2,1-4H3/b8-7+. The second-order valence-electron chi connectivity index (χ2n) is 4.31. The topological polar surface area (TPSA) is 46.2 Å². The predicted octanol–water partition coefficient (Wildman–Crippen LogP) is 2.45. The molecule has 0 amide bonds. The zero-order valence-corrected chi connectivity index (χ0v) is 11.0. The molecule has 4 heteroatoms. The lowest BCUT2D eigenvalue weighted by Crippen LogP contribution is -2.43. The number of sulfonamides is 1. The predicted molar refractivity (Wildman–Crippen MR) is 65.3 cm³/mol. The highest BCUT2D eigenvalue weighted by Gasteiger charge is 2.22. The van der Waals surface area contributed by atoms with Gasteiger partial charge in [-0.25, -0.2) is 13.1 Å². The Labute approximate surface area is 94.0 Å². The van der Waals surface area contributed by atoms with Gasteiger partial charge in [0, 0.05) is 5.54 Å². The molecule has 0 bridgehead atoms. The lowest BCUT2D eigenvalue weighted by Gasteiger charge is -2.25. The fraction of sp³-hybridized carbons (Fsp3) is 0.818. The molecule has 0 aromatic heterocycles. The number of allylic oxidation sites excluding steroid dienone is 2. The van der Waals surface area contributed by atoms with Crippen LogP contribution in [-0.4, -0.2) is 19.7 Å². The molecule has 0 aliphatic heterocycles. The summed E-state index contributed by atoms with van der Waals surface area (Å²) in [6, 6.07) is 0. The zero-order chi connectivity index (χ0) is 11.9. The lowest BCUT2D eigenvalue weighted by atomic mass is 10.00. The van der Waals surface area contributed by atoms with Gasteiger partial charge in [-0.1, -0.05) is 19.1 Å². The molecule has 0 aromatic carbocycles. The van der Waals surface area contributed by atoms with E-state index in [1.165, 1.54) is 0 Å². The summed E-state index contributed by atoms with van der Waals surface area (Å²) in [7, 11) is -3.09. The van der Waals surface area contributed by atoms with Crippen LogP contribution in [-0.2, 0) is 10.0 Å². The Hall–Kier alpha value is -0.350. The van der Waals surface area contributed by atoms with Crippen molar-refractivity contribution < 1.29 is 8.42 Å². The molecule has 0 rings (SSSR count). The van der Waals surface area contributed by atoms with Gasteiger partial charge in [0.25, 0.3) is 0 Å². The Morgan fingerprint density at radius 1 is 1.20 bits per heavy atom. The Balaban J connectivity index is 4.13. The Kier molecular flexibility index (Phi) is 6.13. The van der Waals surface area contributed by atoms with E-state index >= 15 is 0 Å². The Bertz CT molecular complexity index is 292. The molecule has 1 N–H and O–H groups in total. The monoisotopic (exact) mass is 233 g/mol. The van der Waals surface area contributed by atoms with Crippen molar-refractivity contribution in [2.24, 2.45) is 0 Å². The van der Waals surface area contributed by atoms with Crippen LogP contribution in [0.4, 0.5) is 0 Å². The fourth-order valence-electron chi connectivity index (χ4n) is 1.27. The molecule has 0 spiro atoms. The van der Waals surface area contributed by atoms with Crippen molar-refractivity contribution in [1.82, 2.24) is 4.72 Å². The Morgan fingerprint density at radius 2 is 1.80 bits per heavy atom. The highest BCUT2D eigenvalue weighted by atomic mass is 32.2. The van der Waals surface area contributed by atoms with E-state index in [0.29, 0.717) is 0 Å². The summed E-state index contributed by atoms with van der Waals surface area (Å²) >= 11 is 0. The summed E-state index contributed by atoms with van der Waals surface area (Å²) in [5, 5.41) is 0. The first kappa shape index (κ1) is 14.6. The lowest BCUT2D eigenvalue weighted by molar-refractivity contribution is 0.425. The van der Waals surface area contributed by atoms with Gasteiger partial charge in [-0.15, -0.1) is 0 Å². The SMILES string of the molecule is CC/C=C/CCC(C)(C)NS(=O)(=O)CC. The maximum Gasteiger partial charge on any atom is 0.211 e. The van der Waals surface area contributed by atoms with E-state index in [2.05, 4.69) is 23.8 Å². The van der Waals surface area contributed by atoms with Crippen LogP contribution in [0.1, 0.15) is 47.0 Å². The van der Waals surface area contributed by atoms with Crippen molar-refractivity contribution in [1.29, 1.82) is 0 Å². The van der Waals surface area contributed by atoms with Gasteiger partial charge in [-0.05, 0) is 40.0 Å². The molecule has 0 fully saturated rings. The number of hydrogen-bond donors (Lipinski definition) is 1. The van der Waals surface area contributed by atoms with Crippen LogP contribution in [0.3, 0.4) is 0 Å². The smallest absolute Gasteiger partial charge is 0.211 e. The summed E-state index contributed by atoms with van der Waals surface area (Å²) in [5.74, 6) is 0.140. The van der Waals surface area contributed by atoms with Gasteiger partial charge in [-0.2, -0.15) is 0 Å². The highest BCUT2D eigenvalue weighted by Crippen LogP contribution is 2.13. The molecule has 0 heterocycles. The molecule has 0 saturated heterocycles. The van der Waals surface area contributed by atoms with Crippen molar-refractivity contribution >= 4 is 10.0 Å². The first-order valence-electron chi connectivity index (χ1n) is 5.49. The molecule has 0 aromatic rings. The van der Waals surface area contributed by atoms with Crippen LogP contribution in [0, 0.1) is 0 Å². The molecule has 0 saturated carbocycles. The van der Waals surface area contributed by atoms with Gasteiger partial charge in [0.1, 0.15) is 0 Å². The minimum atomic E-state index is -3.09. The van der Waals surface area contributed by atoms with Crippen LogP contribution in [0.2, 0.25) is 0 Å². The van der Waals surface area contributed by atoms with Gasteiger partial charge < -0.3 is 0 Å². The van der Waals surface area contributed by atoms with Crippen LogP contribution >= 0.6 is 0 Å². The summed E-state index contributed by atoms with van der Waals surface area (Å²) in [6.07, 6.45) is 6.96. The van der Waals surface area contributed by atoms with E-state index in [4.69, 9.17) is 0 Å². The van der Waals surface area contributed by atoms with Crippen molar-refractivity contribution in [3.63, 3.8) is 0 Å². The molecular formula is C11H23NO2S. The maximum absolute atomic E-state index is 11.4. The third-order valence-electron chi connectivity index (χ3n) is 2.15. The number of hydrogen-bond acceptors (Lipinski definition) is 2. The Morgan fingerprint density at radius 3 is 2.27 bits per heavy atom. The highest BCUT2D eigenvalue weighted by molar-refractivity contribution is 7.89. The van der Waals surface area contributed by atoms with Crippen LogP contribution in [0.25, 0.3) is 0 Å². The normalized spacial score (nSPS) is 13.6. The molecule has 90 valence electrons. The van der Waals surface area contributed by atoms with Crippen LogP contribution < -0.4 is 4.72 Å². The van der Waals surface area contributed by atoms with E-state index in [1.807, 2.05) is 13.8 Å². The maximum atomic E-state index is 11.4. The molecule has 0 radical (unpaired) electrons. The third-order valence-corrected chi connectivity index (χ3v) is 3.77. The summed E-state index contributed by atoms with van der Waals surface area (Å²) < 4.78 is 25.4. The van der Waals surface area contributed by atoms with Gasteiger partial charge in [0.15, 0.2) is 0 Å². The second-order valence-corrected chi connectivity index (χ2v) is 6.32. The van der Waals surface area contributed by atoms with Gasteiger partial charge in [0.05, 0.1) is 5.75 Å². The molecule has 15 heavy (non-hydrogen) atoms. The minimum Gasteiger partial charge on any atom is -0.212 e. The first-order chi connectivity index (χ1) is 6.83. The average molecular weight is 233 g/mol. The molecule has 0 aliphatic carbocycles. The van der Waals surface area contributed by atoms with Crippen LogP contribution in [0.5, 0.6) is 0 Å². The molecule has 3 nitrogen and oxygen atoms in total. The van der Waals surface area contributed by atoms with Crippen molar-refractivity contribution in [2.45, 2.75) is 52.5 Å². The van der Waals surface area contributed by atoms with E-state index in [1.54, 1.807) is 6.92 Å². The average Bonchev–Trinajstić information content (AvgIpc) is 2.11. The number of rotatable bonds is 7. The van der Waals surface area contributed by atoms with Crippen molar-refractivity contribution in [3.05, 3.63) is 12.2 Å². The summed E-state index contributed by atoms with van der Waals surface area (Å²) in [5.41, 5.74) is -0.354. The summed E-state index contributed by atoms with van der Waals surface area (Å²) in [4.78, 5) is 0. The quantitative estimate of drug-likeness (QED) is 0.687. The zero-order valence-electron chi connectivity index (χ0n) is 10.2. The van der Waals surface area contributed by atoms with E-state index < -0.39 is 10.0 Å². The number of nitrogens with one attached hydrogen (secondary N) is 1. The van der Waals surface area contributed by atoms with Gasteiger partial charge in [0.2, 0.25) is 10.0 Å². The fourth-order valence-corrected chi connectivity index (χ4v) is 2.36. The molecular weight excluding hydrogens is 210 g/mol. The minimum absolute atomic E-state index is 0.140. The van der Waals surface area contributed by atoms with E-state index in [9.17, 15) is 8.42 Å². The first-order valence-corrected chi connectivity index (χ1v) is 7.15. The molecule has 0 aliphatic rings. The molecule has 0 atom stereocenters.